The van der Waals surface area contributed by atoms with Crippen molar-refractivity contribution in [3.05, 3.63) is 48.2 Å². The van der Waals surface area contributed by atoms with Crippen molar-refractivity contribution in [3.8, 4) is 11.6 Å². The summed E-state index contributed by atoms with van der Waals surface area (Å²) in [6.45, 7) is 2.88. The number of aromatic nitrogens is 5. The molecule has 0 aliphatic carbocycles. The fraction of sp³-hybridized carbons (Fsp3) is 0.143. The summed E-state index contributed by atoms with van der Waals surface area (Å²) < 4.78 is 7.38. The Morgan fingerprint density at radius 3 is 2.95 bits per heavy atom. The number of hydrogen-bond donors (Lipinski definition) is 0. The molecule has 0 N–H and O–H groups in total. The molecule has 0 saturated carbocycles. The van der Waals surface area contributed by atoms with Crippen molar-refractivity contribution in [2.45, 2.75) is 13.5 Å². The summed E-state index contributed by atoms with van der Waals surface area (Å²) in [5, 5.41) is 12.1. The Bertz CT molecular complexity index is 714. The van der Waals surface area contributed by atoms with Crippen LogP contribution in [0, 0.1) is 0 Å². The first-order valence-electron chi connectivity index (χ1n) is 6.30. The highest BCUT2D eigenvalue weighted by Gasteiger charge is 2.06. The number of pyridine rings is 1. The van der Waals surface area contributed by atoms with Gasteiger partial charge >= 0.3 is 0 Å². The smallest absolute Gasteiger partial charge is 0.266 e. The van der Waals surface area contributed by atoms with E-state index in [0.717, 1.165) is 12.1 Å². The molecule has 6 nitrogen and oxygen atoms in total. The standard InChI is InChI=1S/C14H13N5O/c1-2-19-10-11(9-16-19)6-7-13-17-18-14(20-13)12-5-3-4-8-15-12/h3-10H,2H2,1H3/b7-6+. The molecule has 100 valence electrons. The van der Waals surface area contributed by atoms with Crippen molar-refractivity contribution >= 4 is 12.2 Å². The molecular formula is C14H13N5O. The van der Waals surface area contributed by atoms with Crippen LogP contribution in [0.4, 0.5) is 0 Å². The van der Waals surface area contributed by atoms with Gasteiger partial charge < -0.3 is 4.42 Å². The fourth-order valence-corrected chi connectivity index (χ4v) is 1.70. The summed E-state index contributed by atoms with van der Waals surface area (Å²) in [7, 11) is 0. The van der Waals surface area contributed by atoms with E-state index in [9.17, 15) is 0 Å². The number of aryl methyl sites for hydroxylation is 1. The third-order valence-corrected chi connectivity index (χ3v) is 2.72. The Morgan fingerprint density at radius 1 is 1.25 bits per heavy atom. The lowest BCUT2D eigenvalue weighted by Crippen LogP contribution is -1.91. The van der Waals surface area contributed by atoms with Gasteiger partial charge in [0.1, 0.15) is 5.69 Å². The first kappa shape index (κ1) is 12.3. The molecular weight excluding hydrogens is 254 g/mol. The van der Waals surface area contributed by atoms with Crippen LogP contribution < -0.4 is 0 Å². The predicted molar refractivity (Wildman–Crippen MR) is 74.4 cm³/mol. The van der Waals surface area contributed by atoms with E-state index in [1.165, 1.54) is 0 Å². The van der Waals surface area contributed by atoms with Gasteiger partial charge in [0.25, 0.3) is 5.89 Å². The minimum Gasteiger partial charge on any atom is -0.415 e. The molecule has 0 aliphatic rings. The zero-order chi connectivity index (χ0) is 13.8. The van der Waals surface area contributed by atoms with Crippen LogP contribution in [0.1, 0.15) is 18.4 Å². The largest absolute Gasteiger partial charge is 0.415 e. The SMILES string of the molecule is CCn1cc(/C=C/c2nnc(-c3ccccn3)o2)cn1. The molecule has 3 heterocycles. The van der Waals surface area contributed by atoms with E-state index in [1.54, 1.807) is 18.5 Å². The Hall–Kier alpha value is -2.76. The first-order chi connectivity index (χ1) is 9.85. The van der Waals surface area contributed by atoms with E-state index < -0.39 is 0 Å². The predicted octanol–water partition coefficient (Wildman–Crippen LogP) is 2.52. The van der Waals surface area contributed by atoms with Crippen LogP contribution in [0.2, 0.25) is 0 Å². The molecule has 0 radical (unpaired) electrons. The van der Waals surface area contributed by atoms with Crippen molar-refractivity contribution in [2.24, 2.45) is 0 Å². The van der Waals surface area contributed by atoms with Gasteiger partial charge in [-0.15, -0.1) is 10.2 Å². The van der Waals surface area contributed by atoms with E-state index in [4.69, 9.17) is 4.42 Å². The second-order valence-corrected chi connectivity index (χ2v) is 4.12. The zero-order valence-electron chi connectivity index (χ0n) is 11.0. The molecule has 0 aliphatic heterocycles. The van der Waals surface area contributed by atoms with Crippen molar-refractivity contribution in [2.75, 3.05) is 0 Å². The third kappa shape index (κ3) is 2.64. The van der Waals surface area contributed by atoms with Gasteiger partial charge in [-0.3, -0.25) is 9.67 Å². The summed E-state index contributed by atoms with van der Waals surface area (Å²) in [5.74, 6) is 0.851. The van der Waals surface area contributed by atoms with Crippen molar-refractivity contribution in [1.29, 1.82) is 0 Å². The summed E-state index contributed by atoms with van der Waals surface area (Å²) >= 11 is 0. The van der Waals surface area contributed by atoms with Crippen LogP contribution in [0.15, 0.2) is 41.2 Å². The Kier molecular flexibility index (Phi) is 3.36. The normalized spacial score (nSPS) is 11.2. The topological polar surface area (TPSA) is 69.6 Å². The first-order valence-corrected chi connectivity index (χ1v) is 6.30. The van der Waals surface area contributed by atoms with E-state index in [0.29, 0.717) is 17.5 Å². The number of rotatable bonds is 4. The van der Waals surface area contributed by atoms with Crippen molar-refractivity contribution in [1.82, 2.24) is 25.0 Å². The van der Waals surface area contributed by atoms with Crippen LogP contribution in [-0.4, -0.2) is 25.0 Å². The van der Waals surface area contributed by atoms with Gasteiger partial charge in [-0.25, -0.2) is 0 Å². The maximum Gasteiger partial charge on any atom is 0.266 e. The highest BCUT2D eigenvalue weighted by atomic mass is 16.4. The monoisotopic (exact) mass is 267 g/mol. The number of hydrogen-bond acceptors (Lipinski definition) is 5. The molecule has 0 atom stereocenters. The van der Waals surface area contributed by atoms with Gasteiger partial charge in [-0.1, -0.05) is 6.07 Å². The van der Waals surface area contributed by atoms with Gasteiger partial charge in [-0.05, 0) is 25.1 Å². The summed E-state index contributed by atoms with van der Waals surface area (Å²) in [5.41, 5.74) is 1.66. The van der Waals surface area contributed by atoms with E-state index >= 15 is 0 Å². The molecule has 3 aromatic rings. The number of nitrogens with zero attached hydrogens (tertiary/aromatic N) is 5. The fourth-order valence-electron chi connectivity index (χ4n) is 1.70. The Labute approximate surface area is 115 Å². The van der Waals surface area contributed by atoms with Crippen LogP contribution in [0.25, 0.3) is 23.7 Å². The Morgan fingerprint density at radius 2 is 2.20 bits per heavy atom. The minimum absolute atomic E-state index is 0.412. The second kappa shape index (κ2) is 5.48. The molecule has 0 aromatic carbocycles. The molecule has 0 bridgehead atoms. The molecule has 0 unspecified atom stereocenters. The third-order valence-electron chi connectivity index (χ3n) is 2.72. The average molecular weight is 267 g/mol. The van der Waals surface area contributed by atoms with E-state index in [-0.39, 0.29) is 0 Å². The Balaban J connectivity index is 1.77. The highest BCUT2D eigenvalue weighted by Crippen LogP contribution is 2.15. The van der Waals surface area contributed by atoms with Gasteiger partial charge in [-0.2, -0.15) is 5.10 Å². The minimum atomic E-state index is 0.412. The molecule has 0 saturated heterocycles. The van der Waals surface area contributed by atoms with Gasteiger partial charge in [0.2, 0.25) is 5.89 Å². The molecule has 6 heteroatoms. The van der Waals surface area contributed by atoms with Crippen LogP contribution in [-0.2, 0) is 6.54 Å². The van der Waals surface area contributed by atoms with Crippen LogP contribution >= 0.6 is 0 Å². The van der Waals surface area contributed by atoms with Crippen LogP contribution in [0.3, 0.4) is 0 Å². The zero-order valence-corrected chi connectivity index (χ0v) is 11.0. The molecule has 3 rings (SSSR count). The maximum absolute atomic E-state index is 5.53. The van der Waals surface area contributed by atoms with E-state index in [2.05, 4.69) is 20.3 Å². The van der Waals surface area contributed by atoms with Crippen LogP contribution in [0.5, 0.6) is 0 Å². The lowest BCUT2D eigenvalue weighted by molar-refractivity contribution is 0.556. The highest BCUT2D eigenvalue weighted by molar-refractivity contribution is 5.65. The van der Waals surface area contributed by atoms with Gasteiger partial charge in [0.05, 0.1) is 6.20 Å². The van der Waals surface area contributed by atoms with Crippen molar-refractivity contribution < 1.29 is 4.42 Å². The summed E-state index contributed by atoms with van der Waals surface area (Å²) in [4.78, 5) is 4.16. The summed E-state index contributed by atoms with van der Waals surface area (Å²) in [6.07, 6.45) is 9.07. The van der Waals surface area contributed by atoms with E-state index in [1.807, 2.05) is 42.1 Å². The molecule has 3 aromatic heterocycles. The average Bonchev–Trinajstić information content (AvgIpc) is 3.15. The molecule has 0 spiro atoms. The second-order valence-electron chi connectivity index (χ2n) is 4.12. The lowest BCUT2D eigenvalue weighted by atomic mass is 10.3. The molecule has 20 heavy (non-hydrogen) atoms. The maximum atomic E-state index is 5.53. The van der Waals surface area contributed by atoms with Gasteiger partial charge in [0, 0.05) is 30.6 Å². The summed E-state index contributed by atoms with van der Waals surface area (Å²) in [6, 6.07) is 5.54. The van der Waals surface area contributed by atoms with Crippen molar-refractivity contribution in [3.63, 3.8) is 0 Å². The lowest BCUT2D eigenvalue weighted by Gasteiger charge is -1.90. The molecule has 0 fully saturated rings. The van der Waals surface area contributed by atoms with Gasteiger partial charge in [0.15, 0.2) is 0 Å². The quantitative estimate of drug-likeness (QED) is 0.726. The molecule has 0 amide bonds.